The molecule has 38 heavy (non-hydrogen) atoms. The first-order valence-corrected chi connectivity index (χ1v) is 13.1. The number of hydrogen-bond acceptors (Lipinski definition) is 5. The summed E-state index contributed by atoms with van der Waals surface area (Å²) in [6, 6.07) is 12.6. The minimum Gasteiger partial charge on any atom is -0.462 e. The lowest BCUT2D eigenvalue weighted by atomic mass is 10.1. The minimum atomic E-state index is -4.85. The van der Waals surface area contributed by atoms with Gasteiger partial charge in [0.2, 0.25) is 5.91 Å². The van der Waals surface area contributed by atoms with Gasteiger partial charge in [0.1, 0.15) is 6.54 Å². The molecule has 0 saturated heterocycles. The van der Waals surface area contributed by atoms with Crippen molar-refractivity contribution in [2.45, 2.75) is 31.8 Å². The quantitative estimate of drug-likeness (QED) is 0.337. The van der Waals surface area contributed by atoms with Crippen LogP contribution in [0.25, 0.3) is 0 Å². The minimum absolute atomic E-state index is 0.183. The van der Waals surface area contributed by atoms with E-state index in [2.05, 4.69) is 5.32 Å². The van der Waals surface area contributed by atoms with Crippen molar-refractivity contribution in [1.82, 2.24) is 0 Å². The van der Waals surface area contributed by atoms with E-state index in [9.17, 15) is 31.2 Å². The summed E-state index contributed by atoms with van der Waals surface area (Å²) < 4.78 is 73.1. The summed E-state index contributed by atoms with van der Waals surface area (Å²) in [6.45, 7) is 4.37. The van der Waals surface area contributed by atoms with Gasteiger partial charge >= 0.3 is 12.1 Å². The SMILES string of the molecule is CCOC(=O)c1ccc(NC(=O)CN(c2ccc(Cl)c(C(F)(F)F)c2)S(=O)(=O)c2ccc(C)cc2)c(C)c1. The topological polar surface area (TPSA) is 92.8 Å². The van der Waals surface area contributed by atoms with Gasteiger partial charge in [0, 0.05) is 5.69 Å². The van der Waals surface area contributed by atoms with Crippen molar-refractivity contribution in [2.75, 3.05) is 22.8 Å². The maximum absolute atomic E-state index is 13.5. The Morgan fingerprint density at radius 3 is 2.24 bits per heavy atom. The van der Waals surface area contributed by atoms with Gasteiger partial charge in [0.25, 0.3) is 10.0 Å². The molecule has 0 atom stereocenters. The Labute approximate surface area is 223 Å². The van der Waals surface area contributed by atoms with Crippen LogP contribution in [-0.2, 0) is 25.7 Å². The Morgan fingerprint density at radius 1 is 1.00 bits per heavy atom. The molecule has 0 heterocycles. The number of aryl methyl sites for hydroxylation is 2. The summed E-state index contributed by atoms with van der Waals surface area (Å²) in [6.07, 6.45) is -4.85. The fraction of sp³-hybridized carbons (Fsp3) is 0.231. The highest BCUT2D eigenvalue weighted by Crippen LogP contribution is 2.38. The highest BCUT2D eigenvalue weighted by molar-refractivity contribution is 7.92. The van der Waals surface area contributed by atoms with E-state index in [1.807, 2.05) is 0 Å². The number of alkyl halides is 3. The van der Waals surface area contributed by atoms with Crippen molar-refractivity contribution < 1.29 is 35.9 Å². The molecular formula is C26H24ClF3N2O5S. The van der Waals surface area contributed by atoms with Gasteiger partial charge in [0.05, 0.1) is 33.3 Å². The van der Waals surface area contributed by atoms with Gasteiger partial charge in [-0.15, -0.1) is 0 Å². The first-order chi connectivity index (χ1) is 17.7. The molecule has 0 radical (unpaired) electrons. The number of anilines is 2. The molecule has 3 aromatic rings. The number of benzene rings is 3. The molecule has 0 fully saturated rings. The zero-order valence-electron chi connectivity index (χ0n) is 20.6. The summed E-state index contributed by atoms with van der Waals surface area (Å²) in [4.78, 5) is 24.7. The summed E-state index contributed by atoms with van der Waals surface area (Å²) in [5.74, 6) is -1.37. The second-order valence-electron chi connectivity index (χ2n) is 8.28. The number of ether oxygens (including phenoxy) is 1. The summed E-state index contributed by atoms with van der Waals surface area (Å²) >= 11 is 5.72. The van der Waals surface area contributed by atoms with Crippen molar-refractivity contribution in [3.63, 3.8) is 0 Å². The maximum atomic E-state index is 13.5. The molecule has 0 aliphatic rings. The number of amides is 1. The fourth-order valence-corrected chi connectivity index (χ4v) is 5.14. The van der Waals surface area contributed by atoms with Gasteiger partial charge in [-0.05, 0) is 74.9 Å². The van der Waals surface area contributed by atoms with Crippen LogP contribution in [0.3, 0.4) is 0 Å². The average Bonchev–Trinajstić information content (AvgIpc) is 2.84. The van der Waals surface area contributed by atoms with Gasteiger partial charge in [-0.25, -0.2) is 13.2 Å². The van der Waals surface area contributed by atoms with Gasteiger partial charge in [-0.2, -0.15) is 13.2 Å². The first-order valence-electron chi connectivity index (χ1n) is 11.3. The summed E-state index contributed by atoms with van der Waals surface area (Å²) in [5, 5.41) is 1.94. The van der Waals surface area contributed by atoms with E-state index >= 15 is 0 Å². The van der Waals surface area contributed by atoms with Crippen molar-refractivity contribution in [1.29, 1.82) is 0 Å². The van der Waals surface area contributed by atoms with Crippen LogP contribution in [0.2, 0.25) is 5.02 Å². The molecule has 0 aromatic heterocycles. The number of carbonyl (C=O) groups is 2. The molecular weight excluding hydrogens is 545 g/mol. The zero-order chi connectivity index (χ0) is 28.3. The lowest BCUT2D eigenvalue weighted by Gasteiger charge is -2.25. The van der Waals surface area contributed by atoms with E-state index in [-0.39, 0.29) is 22.8 Å². The molecule has 202 valence electrons. The Bertz CT molecular complexity index is 1460. The maximum Gasteiger partial charge on any atom is 0.417 e. The molecule has 7 nitrogen and oxygen atoms in total. The number of halogens is 4. The predicted molar refractivity (Wildman–Crippen MR) is 138 cm³/mol. The van der Waals surface area contributed by atoms with Crippen LogP contribution < -0.4 is 9.62 Å². The number of esters is 1. The van der Waals surface area contributed by atoms with Crippen LogP contribution in [0, 0.1) is 13.8 Å². The molecule has 0 aliphatic heterocycles. The fourth-order valence-electron chi connectivity index (χ4n) is 3.50. The summed E-state index contributed by atoms with van der Waals surface area (Å²) in [7, 11) is -4.47. The molecule has 0 spiro atoms. The smallest absolute Gasteiger partial charge is 0.417 e. The number of carbonyl (C=O) groups excluding carboxylic acids is 2. The summed E-state index contributed by atoms with van der Waals surface area (Å²) in [5.41, 5.74) is 0.150. The molecule has 0 saturated carbocycles. The van der Waals surface area contributed by atoms with Crippen LogP contribution in [0.5, 0.6) is 0 Å². The first kappa shape index (κ1) is 29.0. The van der Waals surface area contributed by atoms with Crippen molar-refractivity contribution in [3.8, 4) is 0 Å². The van der Waals surface area contributed by atoms with E-state index in [1.54, 1.807) is 20.8 Å². The lowest BCUT2D eigenvalue weighted by molar-refractivity contribution is -0.137. The van der Waals surface area contributed by atoms with Gasteiger partial charge < -0.3 is 10.1 Å². The Morgan fingerprint density at radius 2 is 1.66 bits per heavy atom. The van der Waals surface area contributed by atoms with Crippen LogP contribution in [-0.4, -0.2) is 33.4 Å². The largest absolute Gasteiger partial charge is 0.462 e. The Kier molecular flexibility index (Phi) is 8.73. The van der Waals surface area contributed by atoms with Crippen LogP contribution in [0.1, 0.15) is 34.0 Å². The van der Waals surface area contributed by atoms with Crippen molar-refractivity contribution in [3.05, 3.63) is 87.9 Å². The molecule has 0 bridgehead atoms. The third-order valence-electron chi connectivity index (χ3n) is 5.45. The monoisotopic (exact) mass is 568 g/mol. The van der Waals surface area contributed by atoms with E-state index in [0.717, 1.165) is 17.7 Å². The molecule has 3 rings (SSSR count). The molecule has 0 unspecified atom stereocenters. The van der Waals surface area contributed by atoms with E-state index < -0.39 is 50.9 Å². The molecule has 12 heteroatoms. The van der Waals surface area contributed by atoms with E-state index in [1.165, 1.54) is 42.5 Å². The van der Waals surface area contributed by atoms with Crippen LogP contribution in [0.15, 0.2) is 65.6 Å². The second kappa shape index (κ2) is 11.4. The number of hydrogen-bond donors (Lipinski definition) is 1. The van der Waals surface area contributed by atoms with Gasteiger partial charge in [-0.1, -0.05) is 29.3 Å². The normalized spacial score (nSPS) is 11.7. The molecule has 3 aromatic carbocycles. The van der Waals surface area contributed by atoms with E-state index in [0.29, 0.717) is 15.9 Å². The number of sulfonamides is 1. The Balaban J connectivity index is 1.99. The predicted octanol–water partition coefficient (Wildman–Crippen LogP) is 5.99. The zero-order valence-corrected chi connectivity index (χ0v) is 22.2. The number of nitrogens with zero attached hydrogens (tertiary/aromatic N) is 1. The third kappa shape index (κ3) is 6.65. The van der Waals surface area contributed by atoms with Crippen LogP contribution >= 0.6 is 11.6 Å². The van der Waals surface area contributed by atoms with Crippen molar-refractivity contribution in [2.24, 2.45) is 0 Å². The number of nitrogens with one attached hydrogen (secondary N) is 1. The van der Waals surface area contributed by atoms with Gasteiger partial charge in [-0.3, -0.25) is 9.10 Å². The molecule has 1 amide bonds. The standard InChI is InChI=1S/C26H24ClF3N2O5S/c1-4-37-25(34)18-7-12-23(17(3)13-18)31-24(33)15-32(38(35,36)20-9-5-16(2)6-10-20)19-8-11-22(27)21(14-19)26(28,29)30/h5-14H,4,15H2,1-3H3,(H,31,33). The Hall–Kier alpha value is -3.57. The highest BCUT2D eigenvalue weighted by Gasteiger charge is 2.35. The second-order valence-corrected chi connectivity index (χ2v) is 10.6. The van der Waals surface area contributed by atoms with Crippen molar-refractivity contribution >= 4 is 44.9 Å². The molecule has 1 N–H and O–H groups in total. The average molecular weight is 569 g/mol. The highest BCUT2D eigenvalue weighted by atomic mass is 35.5. The number of rotatable bonds is 8. The molecule has 0 aliphatic carbocycles. The van der Waals surface area contributed by atoms with Gasteiger partial charge in [0.15, 0.2) is 0 Å². The third-order valence-corrected chi connectivity index (χ3v) is 7.57. The lowest BCUT2D eigenvalue weighted by Crippen LogP contribution is -2.38. The van der Waals surface area contributed by atoms with E-state index in [4.69, 9.17) is 16.3 Å². The van der Waals surface area contributed by atoms with Crippen LogP contribution in [0.4, 0.5) is 24.5 Å².